The fourth-order valence-electron chi connectivity index (χ4n) is 1.97. The maximum Gasteiger partial charge on any atom is 0.251 e. The molecule has 2 rings (SSSR count). The van der Waals surface area contributed by atoms with Gasteiger partial charge in [0.15, 0.2) is 0 Å². The largest absolute Gasteiger partial charge is 0.496 e. The predicted molar refractivity (Wildman–Crippen MR) is 83.0 cm³/mol. The molecule has 1 amide bonds. The van der Waals surface area contributed by atoms with Crippen molar-refractivity contribution in [3.05, 3.63) is 63.6 Å². The van der Waals surface area contributed by atoms with Crippen molar-refractivity contribution in [1.82, 2.24) is 5.32 Å². The van der Waals surface area contributed by atoms with Gasteiger partial charge in [0.2, 0.25) is 0 Å². The first-order chi connectivity index (χ1) is 9.63. The summed E-state index contributed by atoms with van der Waals surface area (Å²) in [7, 11) is 1.62. The highest BCUT2D eigenvalue weighted by Crippen LogP contribution is 2.20. The van der Waals surface area contributed by atoms with E-state index >= 15 is 0 Å². The summed E-state index contributed by atoms with van der Waals surface area (Å²) in [6, 6.07) is 13.2. The van der Waals surface area contributed by atoms with Gasteiger partial charge in [0.25, 0.3) is 5.91 Å². The molecule has 1 N–H and O–H groups in total. The van der Waals surface area contributed by atoms with Gasteiger partial charge in [-0.3, -0.25) is 4.79 Å². The zero-order valence-electron chi connectivity index (χ0n) is 11.4. The quantitative estimate of drug-likeness (QED) is 0.926. The summed E-state index contributed by atoms with van der Waals surface area (Å²) >= 11 is 3.43. The zero-order chi connectivity index (χ0) is 14.5. The molecule has 3 nitrogen and oxygen atoms in total. The van der Waals surface area contributed by atoms with Crippen LogP contribution in [-0.4, -0.2) is 13.0 Å². The van der Waals surface area contributed by atoms with E-state index in [1.807, 2.05) is 49.4 Å². The molecule has 0 bridgehead atoms. The number of ether oxygens (including phenoxy) is 1. The highest BCUT2D eigenvalue weighted by atomic mass is 79.9. The highest BCUT2D eigenvalue weighted by molar-refractivity contribution is 9.10. The Morgan fingerprint density at radius 2 is 1.95 bits per heavy atom. The van der Waals surface area contributed by atoms with Crippen LogP contribution >= 0.6 is 15.9 Å². The van der Waals surface area contributed by atoms with Crippen LogP contribution in [0.3, 0.4) is 0 Å². The highest BCUT2D eigenvalue weighted by Gasteiger charge is 2.11. The summed E-state index contributed by atoms with van der Waals surface area (Å²) in [6.07, 6.45) is 0. The molecule has 0 aliphatic heterocycles. The van der Waals surface area contributed by atoms with Crippen molar-refractivity contribution in [3.8, 4) is 5.75 Å². The smallest absolute Gasteiger partial charge is 0.251 e. The Morgan fingerprint density at radius 3 is 2.70 bits per heavy atom. The molecule has 0 radical (unpaired) electrons. The van der Waals surface area contributed by atoms with Crippen LogP contribution in [0.15, 0.2) is 46.9 Å². The molecular formula is C16H16BrNO2. The molecular weight excluding hydrogens is 318 g/mol. The number of carbonyl (C=O) groups is 1. The van der Waals surface area contributed by atoms with E-state index in [0.717, 1.165) is 21.3 Å². The second-order valence-electron chi connectivity index (χ2n) is 4.41. The first kappa shape index (κ1) is 14.6. The number of hydrogen-bond donors (Lipinski definition) is 1. The average Bonchev–Trinajstić information content (AvgIpc) is 2.48. The van der Waals surface area contributed by atoms with Crippen LogP contribution < -0.4 is 10.1 Å². The first-order valence-electron chi connectivity index (χ1n) is 6.28. The van der Waals surface area contributed by atoms with Crippen molar-refractivity contribution in [1.29, 1.82) is 0 Å². The fraction of sp³-hybridized carbons (Fsp3) is 0.188. The number of para-hydroxylation sites is 1. The van der Waals surface area contributed by atoms with Gasteiger partial charge in [0.1, 0.15) is 5.75 Å². The second-order valence-corrected chi connectivity index (χ2v) is 5.26. The molecule has 0 spiro atoms. The lowest BCUT2D eigenvalue weighted by atomic mass is 10.1. The van der Waals surface area contributed by atoms with E-state index in [0.29, 0.717) is 12.1 Å². The zero-order valence-corrected chi connectivity index (χ0v) is 13.0. The third-order valence-corrected chi connectivity index (χ3v) is 4.00. The van der Waals surface area contributed by atoms with E-state index in [1.165, 1.54) is 0 Å². The minimum atomic E-state index is -0.0882. The molecule has 0 aliphatic carbocycles. The van der Waals surface area contributed by atoms with Gasteiger partial charge in [0, 0.05) is 22.1 Å². The molecule has 0 saturated heterocycles. The number of amides is 1. The minimum Gasteiger partial charge on any atom is -0.496 e. The number of benzene rings is 2. The van der Waals surface area contributed by atoms with Gasteiger partial charge in [0.05, 0.1) is 7.11 Å². The van der Waals surface area contributed by atoms with Crippen LogP contribution in [0.5, 0.6) is 5.75 Å². The van der Waals surface area contributed by atoms with E-state index in [4.69, 9.17) is 4.74 Å². The van der Waals surface area contributed by atoms with Crippen LogP contribution in [-0.2, 0) is 6.54 Å². The van der Waals surface area contributed by atoms with Gasteiger partial charge >= 0.3 is 0 Å². The standard InChI is InChI=1S/C16H16BrNO2/c1-11-13(7-5-8-14(11)17)16(19)18-10-12-6-3-4-9-15(12)20-2/h3-9H,10H2,1-2H3,(H,18,19). The predicted octanol–water partition coefficient (Wildman–Crippen LogP) is 3.70. The number of halogens is 1. The maximum atomic E-state index is 12.2. The fourth-order valence-corrected chi connectivity index (χ4v) is 2.34. The van der Waals surface area contributed by atoms with Crippen LogP contribution in [0.4, 0.5) is 0 Å². The number of hydrogen-bond acceptors (Lipinski definition) is 2. The molecule has 20 heavy (non-hydrogen) atoms. The van der Waals surface area contributed by atoms with Crippen molar-refractivity contribution in [3.63, 3.8) is 0 Å². The van der Waals surface area contributed by atoms with E-state index in [-0.39, 0.29) is 5.91 Å². The van der Waals surface area contributed by atoms with Gasteiger partial charge in [-0.25, -0.2) is 0 Å². The van der Waals surface area contributed by atoms with Gasteiger partial charge in [-0.15, -0.1) is 0 Å². The monoisotopic (exact) mass is 333 g/mol. The van der Waals surface area contributed by atoms with Crippen LogP contribution in [0.2, 0.25) is 0 Å². The number of nitrogens with one attached hydrogen (secondary N) is 1. The third-order valence-electron chi connectivity index (χ3n) is 3.14. The summed E-state index contributed by atoms with van der Waals surface area (Å²) in [4.78, 5) is 12.2. The molecule has 0 unspecified atom stereocenters. The maximum absolute atomic E-state index is 12.2. The molecule has 0 heterocycles. The number of methoxy groups -OCH3 is 1. The normalized spacial score (nSPS) is 10.2. The van der Waals surface area contributed by atoms with Crippen LogP contribution in [0.1, 0.15) is 21.5 Å². The van der Waals surface area contributed by atoms with Crippen molar-refractivity contribution in [2.45, 2.75) is 13.5 Å². The molecule has 104 valence electrons. The van der Waals surface area contributed by atoms with Gasteiger partial charge < -0.3 is 10.1 Å². The summed E-state index contributed by atoms with van der Waals surface area (Å²) in [6.45, 7) is 2.36. The molecule has 2 aromatic carbocycles. The van der Waals surface area contributed by atoms with Crippen molar-refractivity contribution >= 4 is 21.8 Å². The lowest BCUT2D eigenvalue weighted by Gasteiger charge is -2.11. The Morgan fingerprint density at radius 1 is 1.20 bits per heavy atom. The molecule has 0 atom stereocenters. The Hall–Kier alpha value is -1.81. The van der Waals surface area contributed by atoms with Crippen molar-refractivity contribution in [2.24, 2.45) is 0 Å². The Kier molecular flexibility index (Phi) is 4.79. The Labute approximate surface area is 127 Å². The summed E-state index contributed by atoms with van der Waals surface area (Å²) in [5.74, 6) is 0.688. The van der Waals surface area contributed by atoms with E-state index in [9.17, 15) is 4.79 Å². The molecule has 0 fully saturated rings. The molecule has 0 aliphatic rings. The molecule has 4 heteroatoms. The summed E-state index contributed by atoms with van der Waals surface area (Å²) in [5.41, 5.74) is 2.57. The molecule has 2 aromatic rings. The minimum absolute atomic E-state index is 0.0882. The number of carbonyl (C=O) groups excluding carboxylic acids is 1. The summed E-state index contributed by atoms with van der Waals surface area (Å²) < 4.78 is 6.20. The SMILES string of the molecule is COc1ccccc1CNC(=O)c1cccc(Br)c1C. The van der Waals surface area contributed by atoms with Gasteiger partial charge in [-0.1, -0.05) is 40.2 Å². The summed E-state index contributed by atoms with van der Waals surface area (Å²) in [5, 5.41) is 2.92. The number of rotatable bonds is 4. The Balaban J connectivity index is 2.11. The van der Waals surface area contributed by atoms with Crippen molar-refractivity contribution in [2.75, 3.05) is 7.11 Å². The topological polar surface area (TPSA) is 38.3 Å². The second kappa shape index (κ2) is 6.57. The van der Waals surface area contributed by atoms with Gasteiger partial charge in [-0.05, 0) is 30.7 Å². The Bertz CT molecular complexity index is 626. The lowest BCUT2D eigenvalue weighted by molar-refractivity contribution is 0.0950. The van der Waals surface area contributed by atoms with Crippen LogP contribution in [0.25, 0.3) is 0 Å². The average molecular weight is 334 g/mol. The van der Waals surface area contributed by atoms with E-state index in [2.05, 4.69) is 21.2 Å². The molecule has 0 saturated carbocycles. The van der Waals surface area contributed by atoms with Gasteiger partial charge in [-0.2, -0.15) is 0 Å². The van der Waals surface area contributed by atoms with E-state index < -0.39 is 0 Å². The van der Waals surface area contributed by atoms with Crippen LogP contribution in [0, 0.1) is 6.92 Å². The molecule has 0 aromatic heterocycles. The lowest BCUT2D eigenvalue weighted by Crippen LogP contribution is -2.23. The first-order valence-corrected chi connectivity index (χ1v) is 7.08. The van der Waals surface area contributed by atoms with E-state index in [1.54, 1.807) is 7.11 Å². The van der Waals surface area contributed by atoms with Crippen molar-refractivity contribution < 1.29 is 9.53 Å². The third kappa shape index (κ3) is 3.20.